The number of urea groups is 2. The third kappa shape index (κ3) is 2.86. The normalized spacial score (nSPS) is 20.7. The summed E-state index contributed by atoms with van der Waals surface area (Å²) in [6, 6.07) is -1.16. The second-order valence-electron chi connectivity index (χ2n) is 4.97. The van der Waals surface area contributed by atoms with E-state index in [1.807, 2.05) is 0 Å². The van der Waals surface area contributed by atoms with E-state index in [9.17, 15) is 15.1 Å². The number of carbonyl (C=O) groups excluding carboxylic acids is 2. The third-order valence-corrected chi connectivity index (χ3v) is 3.62. The first-order valence-electron chi connectivity index (χ1n) is 6.77. The maximum absolute atomic E-state index is 11.9. The van der Waals surface area contributed by atoms with Crippen LogP contribution in [0.2, 0.25) is 0 Å². The molecule has 18 heavy (non-hydrogen) atoms. The molecule has 0 aromatic rings. The van der Waals surface area contributed by atoms with Gasteiger partial charge in [0.05, 0.1) is 26.2 Å². The van der Waals surface area contributed by atoms with Gasteiger partial charge < -0.3 is 5.53 Å². The van der Waals surface area contributed by atoms with Crippen molar-refractivity contribution in [1.29, 1.82) is 0 Å². The Bertz CT molecular complexity index is 312. The number of nitrogens with zero attached hydrogens (tertiary/aromatic N) is 4. The highest BCUT2D eigenvalue weighted by atomic mass is 16.2. The van der Waals surface area contributed by atoms with E-state index in [2.05, 4.69) is 0 Å². The molecule has 2 saturated heterocycles. The number of hydrogen-bond acceptors (Lipinski definition) is 2. The summed E-state index contributed by atoms with van der Waals surface area (Å²) in [5, 5.41) is 0. The van der Waals surface area contributed by atoms with Gasteiger partial charge in [0.1, 0.15) is 0 Å². The third-order valence-electron chi connectivity index (χ3n) is 3.62. The van der Waals surface area contributed by atoms with Gasteiger partial charge >= 0.3 is 12.1 Å². The number of piperidine rings is 2. The van der Waals surface area contributed by atoms with Crippen molar-refractivity contribution in [2.45, 2.75) is 38.5 Å². The van der Waals surface area contributed by atoms with Crippen molar-refractivity contribution in [3.8, 4) is 0 Å². The monoisotopic (exact) mass is 252 g/mol. The molecule has 100 valence electrons. The molecule has 2 aliphatic heterocycles. The first-order chi connectivity index (χ1) is 8.70. The van der Waals surface area contributed by atoms with Crippen LogP contribution in [-0.4, -0.2) is 52.7 Å². The molecule has 0 spiro atoms. The van der Waals surface area contributed by atoms with Gasteiger partial charge in [0.15, 0.2) is 0 Å². The molecule has 0 saturated carbocycles. The van der Waals surface area contributed by atoms with Gasteiger partial charge in [-0.3, -0.25) is 9.80 Å². The topological polar surface area (TPSA) is 65.9 Å². The summed E-state index contributed by atoms with van der Waals surface area (Å²) in [5.41, 5.74) is 9.74. The zero-order chi connectivity index (χ0) is 13.0. The zero-order valence-electron chi connectivity index (χ0n) is 10.7. The average molecular weight is 252 g/mol. The van der Waals surface area contributed by atoms with Crippen LogP contribution in [0.5, 0.6) is 0 Å². The molecule has 2 rings (SSSR count). The summed E-state index contributed by atoms with van der Waals surface area (Å²) in [7, 11) is 0. The zero-order valence-corrected chi connectivity index (χ0v) is 10.7. The van der Waals surface area contributed by atoms with Crippen LogP contribution >= 0.6 is 0 Å². The maximum Gasteiger partial charge on any atom is 0.429 e. The second kappa shape index (κ2) is 5.93. The lowest BCUT2D eigenvalue weighted by Crippen LogP contribution is -2.47. The number of hydrogen-bond donors (Lipinski definition) is 0. The van der Waals surface area contributed by atoms with Gasteiger partial charge in [-0.05, 0) is 38.5 Å². The lowest BCUT2D eigenvalue weighted by molar-refractivity contribution is -0.369. The Balaban J connectivity index is 1.92. The Morgan fingerprint density at radius 2 is 1.06 bits per heavy atom. The van der Waals surface area contributed by atoms with E-state index in [0.717, 1.165) is 38.5 Å². The fourth-order valence-electron chi connectivity index (χ4n) is 2.52. The summed E-state index contributed by atoms with van der Waals surface area (Å²) in [4.78, 5) is 27.0. The highest BCUT2D eigenvalue weighted by Crippen LogP contribution is 2.13. The van der Waals surface area contributed by atoms with Crippen LogP contribution in [-0.2, 0) is 0 Å². The highest BCUT2D eigenvalue weighted by Gasteiger charge is 2.30. The summed E-state index contributed by atoms with van der Waals surface area (Å²) >= 11 is 0. The fourth-order valence-corrected chi connectivity index (χ4v) is 2.52. The van der Waals surface area contributed by atoms with E-state index in [1.54, 1.807) is 9.80 Å². The minimum absolute atomic E-state index is 0.288. The minimum atomic E-state index is -0.578. The number of amides is 4. The smallest absolute Gasteiger partial charge is 0.429 e. The molecule has 0 atom stereocenters. The van der Waals surface area contributed by atoms with E-state index in [0.29, 0.717) is 26.2 Å². The molecule has 0 bridgehead atoms. The Labute approximate surface area is 107 Å². The van der Waals surface area contributed by atoms with Crippen LogP contribution in [0.1, 0.15) is 38.5 Å². The summed E-state index contributed by atoms with van der Waals surface area (Å²) in [6.45, 7) is 2.51. The predicted molar refractivity (Wildman–Crippen MR) is 65.3 cm³/mol. The van der Waals surface area contributed by atoms with Crippen molar-refractivity contribution in [3.05, 3.63) is 5.53 Å². The lowest BCUT2D eigenvalue weighted by atomic mass is 10.1. The molecule has 6 heteroatoms. The molecule has 0 radical (unpaired) electrons. The maximum atomic E-state index is 11.9. The molecular weight excluding hydrogens is 232 g/mol. The van der Waals surface area contributed by atoms with E-state index >= 15 is 0 Å². The van der Waals surface area contributed by atoms with E-state index < -0.39 is 12.1 Å². The van der Waals surface area contributed by atoms with Crippen molar-refractivity contribution in [3.63, 3.8) is 0 Å². The summed E-state index contributed by atoms with van der Waals surface area (Å²) in [6.07, 6.45) is 5.98. The quantitative estimate of drug-likeness (QED) is 0.490. The van der Waals surface area contributed by atoms with Gasteiger partial charge in [0, 0.05) is 0 Å². The molecule has 2 heterocycles. The van der Waals surface area contributed by atoms with E-state index in [1.165, 1.54) is 0 Å². The van der Waals surface area contributed by atoms with Crippen molar-refractivity contribution in [1.82, 2.24) is 9.80 Å². The molecule has 2 fully saturated rings. The molecule has 0 aliphatic carbocycles. The number of likely N-dealkylation sites (tertiary alicyclic amines) is 2. The van der Waals surface area contributed by atoms with Gasteiger partial charge in [-0.25, -0.2) is 14.3 Å². The van der Waals surface area contributed by atoms with Crippen LogP contribution in [0.25, 0.3) is 5.53 Å². The Kier molecular flexibility index (Phi) is 4.28. The van der Waals surface area contributed by atoms with Crippen molar-refractivity contribution < 1.29 is 14.3 Å². The molecule has 0 aromatic carbocycles. The largest absolute Gasteiger partial charge is 0.637 e. The van der Waals surface area contributed by atoms with E-state index in [4.69, 9.17) is 0 Å². The van der Waals surface area contributed by atoms with Gasteiger partial charge in [-0.1, -0.05) is 0 Å². The first kappa shape index (κ1) is 13.0. The SMILES string of the molecule is [N-]=[N+](C(=O)N1CCCCC1)C(=O)N1CCCCC1. The number of imide groups is 1. The van der Waals surface area contributed by atoms with E-state index in [-0.39, 0.29) is 4.70 Å². The molecular formula is C12H20N4O2. The van der Waals surface area contributed by atoms with Gasteiger partial charge in [0.25, 0.3) is 0 Å². The molecule has 0 unspecified atom stereocenters. The number of rotatable bonds is 0. The summed E-state index contributed by atoms with van der Waals surface area (Å²) in [5.74, 6) is 0. The molecule has 2 aliphatic rings. The Morgan fingerprint density at radius 1 is 0.722 bits per heavy atom. The Hall–Kier alpha value is -1.46. The highest BCUT2D eigenvalue weighted by molar-refractivity contribution is 5.79. The predicted octanol–water partition coefficient (Wildman–Crippen LogP) is 2.23. The summed E-state index contributed by atoms with van der Waals surface area (Å²) < 4.78 is 0.288. The first-order valence-corrected chi connectivity index (χ1v) is 6.77. The van der Waals surface area contributed by atoms with Crippen LogP contribution in [0.15, 0.2) is 0 Å². The van der Waals surface area contributed by atoms with Crippen molar-refractivity contribution in [2.75, 3.05) is 26.2 Å². The van der Waals surface area contributed by atoms with Crippen molar-refractivity contribution in [2.24, 2.45) is 0 Å². The Morgan fingerprint density at radius 3 is 1.39 bits per heavy atom. The fraction of sp³-hybridized carbons (Fsp3) is 0.833. The van der Waals surface area contributed by atoms with Gasteiger partial charge in [0.2, 0.25) is 0 Å². The van der Waals surface area contributed by atoms with Crippen LogP contribution in [0, 0.1) is 0 Å². The average Bonchev–Trinajstić information content (AvgIpc) is 2.47. The number of carbonyl (C=O) groups is 2. The lowest BCUT2D eigenvalue weighted by Gasteiger charge is -2.27. The van der Waals surface area contributed by atoms with Crippen LogP contribution < -0.4 is 0 Å². The van der Waals surface area contributed by atoms with Gasteiger partial charge in [-0.15, -0.1) is 0 Å². The standard InChI is InChI=1S/C12H20N4O2/c13-16(11(17)14-7-3-1-4-8-14)12(18)15-9-5-2-6-10-15/h1-10H2. The molecule has 4 amide bonds. The minimum Gasteiger partial charge on any atom is -0.637 e. The molecule has 6 nitrogen and oxygen atoms in total. The van der Waals surface area contributed by atoms with Crippen LogP contribution in [0.3, 0.4) is 0 Å². The molecule has 0 aromatic heterocycles. The van der Waals surface area contributed by atoms with Gasteiger partial charge in [-0.2, -0.15) is 0 Å². The molecule has 0 N–H and O–H groups in total. The van der Waals surface area contributed by atoms with Crippen LogP contribution in [0.4, 0.5) is 9.59 Å². The second-order valence-corrected chi connectivity index (χ2v) is 4.97. The van der Waals surface area contributed by atoms with Crippen molar-refractivity contribution >= 4 is 12.1 Å².